The van der Waals surface area contributed by atoms with Crippen molar-refractivity contribution in [2.75, 3.05) is 18.0 Å². The lowest BCUT2D eigenvalue weighted by Crippen LogP contribution is -2.64. The van der Waals surface area contributed by atoms with Crippen LogP contribution in [0.1, 0.15) is 46.8 Å². The van der Waals surface area contributed by atoms with Gasteiger partial charge in [-0.15, -0.1) is 0 Å². The average molecular weight is 376 g/mol. The van der Waals surface area contributed by atoms with Crippen LogP contribution in [0.3, 0.4) is 0 Å². The van der Waals surface area contributed by atoms with Crippen LogP contribution in [0, 0.1) is 0 Å². The largest absolute Gasteiger partial charge is 0.460 e. The van der Waals surface area contributed by atoms with Crippen molar-refractivity contribution in [1.82, 2.24) is 4.90 Å². The van der Waals surface area contributed by atoms with Gasteiger partial charge in [-0.2, -0.15) is 0 Å². The van der Waals surface area contributed by atoms with E-state index in [-0.39, 0.29) is 24.2 Å². The Labute approximate surface area is 159 Å². The van der Waals surface area contributed by atoms with Crippen molar-refractivity contribution in [2.45, 2.75) is 58.6 Å². The van der Waals surface area contributed by atoms with Gasteiger partial charge in [-0.25, -0.2) is 0 Å². The van der Waals surface area contributed by atoms with Crippen molar-refractivity contribution in [3.63, 3.8) is 0 Å². The van der Waals surface area contributed by atoms with Gasteiger partial charge < -0.3 is 14.1 Å². The summed E-state index contributed by atoms with van der Waals surface area (Å²) in [6, 6.07) is 3.46. The molecule has 2 rings (SSSR count). The maximum atomic E-state index is 12.9. The standard InChI is InChI=1S/C20H28N2O5/c1-7-15(23)22-13-12-21(18(25)20(22,5)6)16-10-8-14(26-16)9-11-17(24)27-19(2,3)4/h7-8,10H,1,9,11-13H2,2-6H3. The van der Waals surface area contributed by atoms with E-state index in [1.807, 2.05) is 20.8 Å². The van der Waals surface area contributed by atoms with Crippen LogP contribution in [-0.4, -0.2) is 46.9 Å². The van der Waals surface area contributed by atoms with E-state index >= 15 is 0 Å². The van der Waals surface area contributed by atoms with Crippen molar-refractivity contribution in [3.05, 3.63) is 30.5 Å². The molecule has 148 valence electrons. The van der Waals surface area contributed by atoms with Gasteiger partial charge in [0.15, 0.2) is 0 Å². The number of anilines is 1. The highest BCUT2D eigenvalue weighted by molar-refractivity contribution is 6.03. The van der Waals surface area contributed by atoms with Crippen molar-refractivity contribution in [3.8, 4) is 0 Å². The fourth-order valence-corrected chi connectivity index (χ4v) is 3.00. The normalized spacial score (nSPS) is 17.0. The Morgan fingerprint density at radius 2 is 1.96 bits per heavy atom. The van der Waals surface area contributed by atoms with E-state index in [1.165, 1.54) is 15.9 Å². The van der Waals surface area contributed by atoms with Crippen LogP contribution in [0.15, 0.2) is 29.2 Å². The van der Waals surface area contributed by atoms with Crippen molar-refractivity contribution in [1.29, 1.82) is 0 Å². The predicted octanol–water partition coefficient (Wildman–Crippen LogP) is 2.69. The number of ether oxygens (including phenoxy) is 1. The van der Waals surface area contributed by atoms with Crippen LogP contribution in [0.5, 0.6) is 0 Å². The number of rotatable bonds is 5. The number of nitrogens with zero attached hydrogens (tertiary/aromatic N) is 2. The highest BCUT2D eigenvalue weighted by Gasteiger charge is 2.44. The Bertz CT molecular complexity index is 742. The van der Waals surface area contributed by atoms with Crippen LogP contribution < -0.4 is 4.90 Å². The summed E-state index contributed by atoms with van der Waals surface area (Å²) in [5, 5.41) is 0. The zero-order chi connectivity index (χ0) is 20.4. The lowest BCUT2D eigenvalue weighted by atomic mass is 9.97. The quantitative estimate of drug-likeness (QED) is 0.583. The first-order valence-corrected chi connectivity index (χ1v) is 9.02. The van der Waals surface area contributed by atoms with E-state index in [9.17, 15) is 14.4 Å². The molecule has 1 fully saturated rings. The molecule has 7 heteroatoms. The van der Waals surface area contributed by atoms with Gasteiger partial charge in [-0.1, -0.05) is 6.58 Å². The minimum Gasteiger partial charge on any atom is -0.460 e. The van der Waals surface area contributed by atoms with E-state index in [2.05, 4.69) is 6.58 Å². The topological polar surface area (TPSA) is 80.1 Å². The molecule has 0 bridgehead atoms. The Morgan fingerprint density at radius 1 is 1.30 bits per heavy atom. The van der Waals surface area contributed by atoms with Gasteiger partial charge in [-0.3, -0.25) is 19.3 Å². The number of hydrogen-bond donors (Lipinski definition) is 0. The Hall–Kier alpha value is -2.57. The molecule has 0 unspecified atom stereocenters. The van der Waals surface area contributed by atoms with Crippen LogP contribution >= 0.6 is 0 Å². The lowest BCUT2D eigenvalue weighted by Gasteiger charge is -2.44. The highest BCUT2D eigenvalue weighted by Crippen LogP contribution is 2.29. The molecule has 1 aromatic rings. The fraction of sp³-hybridized carbons (Fsp3) is 0.550. The maximum Gasteiger partial charge on any atom is 0.306 e. The van der Waals surface area contributed by atoms with Crippen molar-refractivity contribution >= 4 is 23.7 Å². The molecule has 1 aromatic heterocycles. The summed E-state index contributed by atoms with van der Waals surface area (Å²) in [5.41, 5.74) is -1.51. The Morgan fingerprint density at radius 3 is 2.56 bits per heavy atom. The number of furan rings is 1. The predicted molar refractivity (Wildman–Crippen MR) is 101 cm³/mol. The number of carbonyl (C=O) groups is 3. The van der Waals surface area contributed by atoms with Gasteiger partial charge in [-0.05, 0) is 46.8 Å². The van der Waals surface area contributed by atoms with Crippen molar-refractivity contribution < 1.29 is 23.5 Å². The second-order valence-electron chi connectivity index (χ2n) is 8.04. The van der Waals surface area contributed by atoms with Gasteiger partial charge in [0.05, 0.1) is 6.42 Å². The molecule has 0 N–H and O–H groups in total. The fourth-order valence-electron chi connectivity index (χ4n) is 3.00. The van der Waals surface area contributed by atoms with E-state index in [1.54, 1.807) is 26.0 Å². The molecule has 7 nitrogen and oxygen atoms in total. The van der Waals surface area contributed by atoms with E-state index in [4.69, 9.17) is 9.15 Å². The average Bonchev–Trinajstić information content (AvgIpc) is 3.02. The van der Waals surface area contributed by atoms with Gasteiger partial charge in [0.1, 0.15) is 16.9 Å². The number of carbonyl (C=O) groups excluding carboxylic acids is 3. The van der Waals surface area contributed by atoms with Crippen LogP contribution in [0.2, 0.25) is 0 Å². The molecule has 0 spiro atoms. The minimum atomic E-state index is -0.993. The molecule has 27 heavy (non-hydrogen) atoms. The number of esters is 1. The molecular formula is C20H28N2O5. The number of piperazine rings is 1. The number of amides is 2. The van der Waals surface area contributed by atoms with Gasteiger partial charge in [0, 0.05) is 25.6 Å². The molecular weight excluding hydrogens is 348 g/mol. The Balaban J connectivity index is 2.04. The van der Waals surface area contributed by atoms with E-state index in [0.29, 0.717) is 31.2 Å². The lowest BCUT2D eigenvalue weighted by molar-refractivity contribution is -0.154. The zero-order valence-corrected chi connectivity index (χ0v) is 16.7. The summed E-state index contributed by atoms with van der Waals surface area (Å²) in [6.45, 7) is 13.1. The van der Waals surface area contributed by atoms with Crippen LogP contribution in [0.4, 0.5) is 5.88 Å². The first kappa shape index (κ1) is 20.7. The molecule has 1 aliphatic rings. The molecule has 1 saturated heterocycles. The number of aryl methyl sites for hydroxylation is 1. The third kappa shape index (κ3) is 4.78. The van der Waals surface area contributed by atoms with Gasteiger partial charge in [0.2, 0.25) is 11.8 Å². The highest BCUT2D eigenvalue weighted by atomic mass is 16.6. The summed E-state index contributed by atoms with van der Waals surface area (Å²) in [4.78, 5) is 39.7. The molecule has 0 atom stereocenters. The number of hydrogen-bond acceptors (Lipinski definition) is 5. The molecule has 0 radical (unpaired) electrons. The SMILES string of the molecule is C=CC(=O)N1CCN(c2ccc(CCC(=O)OC(C)(C)C)o2)C(=O)C1(C)C. The second kappa shape index (κ2) is 7.58. The summed E-state index contributed by atoms with van der Waals surface area (Å²) in [7, 11) is 0. The second-order valence-corrected chi connectivity index (χ2v) is 8.04. The monoisotopic (exact) mass is 376 g/mol. The summed E-state index contributed by atoms with van der Waals surface area (Å²) in [6.07, 6.45) is 1.80. The molecule has 0 aliphatic carbocycles. The molecule has 2 heterocycles. The third-order valence-electron chi connectivity index (χ3n) is 4.34. The zero-order valence-electron chi connectivity index (χ0n) is 16.7. The van der Waals surface area contributed by atoms with Crippen LogP contribution in [0.25, 0.3) is 0 Å². The first-order chi connectivity index (χ1) is 12.5. The third-order valence-corrected chi connectivity index (χ3v) is 4.34. The van der Waals surface area contributed by atoms with Gasteiger partial charge >= 0.3 is 5.97 Å². The Kier molecular flexibility index (Phi) is 5.82. The molecule has 2 amide bonds. The molecule has 0 saturated carbocycles. The minimum absolute atomic E-state index is 0.200. The van der Waals surface area contributed by atoms with E-state index < -0.39 is 11.1 Å². The van der Waals surface area contributed by atoms with Gasteiger partial charge in [0.25, 0.3) is 5.91 Å². The summed E-state index contributed by atoms with van der Waals surface area (Å²) in [5.74, 6) is 0.223. The molecule has 0 aromatic carbocycles. The summed E-state index contributed by atoms with van der Waals surface area (Å²) < 4.78 is 11.0. The summed E-state index contributed by atoms with van der Waals surface area (Å²) >= 11 is 0. The van der Waals surface area contributed by atoms with Crippen molar-refractivity contribution in [2.24, 2.45) is 0 Å². The van der Waals surface area contributed by atoms with E-state index in [0.717, 1.165) is 0 Å². The maximum absolute atomic E-state index is 12.9. The first-order valence-electron chi connectivity index (χ1n) is 9.02. The van der Waals surface area contributed by atoms with Crippen LogP contribution in [-0.2, 0) is 25.5 Å². The molecule has 1 aliphatic heterocycles. The smallest absolute Gasteiger partial charge is 0.306 e.